The summed E-state index contributed by atoms with van der Waals surface area (Å²) in [5.74, 6) is 1.14. The number of likely N-dealkylation sites (tertiary alicyclic amines) is 1. The minimum Gasteiger partial charge on any atom is -0.487 e. The number of nitrogens with one attached hydrogen (secondary N) is 1. The monoisotopic (exact) mass is 421 g/mol. The lowest BCUT2D eigenvalue weighted by Crippen LogP contribution is -2.52. The van der Waals surface area contributed by atoms with Crippen molar-refractivity contribution < 1.29 is 14.3 Å². The molecule has 0 bridgehead atoms. The Morgan fingerprint density at radius 1 is 1.10 bits per heavy atom. The number of piperidine rings is 1. The molecule has 0 aromatic heterocycles. The van der Waals surface area contributed by atoms with Gasteiger partial charge in [-0.3, -0.25) is 4.79 Å². The summed E-state index contributed by atoms with van der Waals surface area (Å²) in [5, 5.41) is 2.99. The Morgan fingerprint density at radius 2 is 1.77 bits per heavy atom. The first-order valence-corrected chi connectivity index (χ1v) is 11.0. The molecule has 2 aliphatic heterocycles. The van der Waals surface area contributed by atoms with Crippen LogP contribution in [0.15, 0.2) is 48.5 Å². The third-order valence-electron chi connectivity index (χ3n) is 6.49. The van der Waals surface area contributed by atoms with E-state index >= 15 is 0 Å². The molecule has 0 saturated carbocycles. The van der Waals surface area contributed by atoms with Gasteiger partial charge in [0.15, 0.2) is 0 Å². The highest BCUT2D eigenvalue weighted by atomic mass is 16.5. The van der Waals surface area contributed by atoms with Crippen LogP contribution in [-0.2, 0) is 4.79 Å². The number of ether oxygens (including phenoxy) is 1. The van der Waals surface area contributed by atoms with Gasteiger partial charge in [0.1, 0.15) is 11.4 Å². The predicted octanol–water partition coefficient (Wildman–Crippen LogP) is 4.41. The third-order valence-corrected chi connectivity index (χ3v) is 6.49. The third kappa shape index (κ3) is 4.68. The topological polar surface area (TPSA) is 61.9 Å². The molecular weight excluding hydrogens is 390 g/mol. The van der Waals surface area contributed by atoms with Gasteiger partial charge in [0.05, 0.1) is 0 Å². The summed E-state index contributed by atoms with van der Waals surface area (Å²) in [6, 6.07) is 15.8. The van der Waals surface area contributed by atoms with E-state index in [9.17, 15) is 9.59 Å². The summed E-state index contributed by atoms with van der Waals surface area (Å²) in [6.45, 7) is 3.29. The van der Waals surface area contributed by atoms with Gasteiger partial charge < -0.3 is 19.9 Å². The number of amides is 3. The van der Waals surface area contributed by atoms with Crippen molar-refractivity contribution in [1.29, 1.82) is 0 Å². The Morgan fingerprint density at radius 3 is 2.45 bits per heavy atom. The van der Waals surface area contributed by atoms with Crippen LogP contribution in [-0.4, -0.2) is 54.5 Å². The first kappa shape index (κ1) is 21.2. The number of anilines is 1. The summed E-state index contributed by atoms with van der Waals surface area (Å²) >= 11 is 0. The normalized spacial score (nSPS) is 19.3. The maximum absolute atomic E-state index is 12.7. The maximum atomic E-state index is 12.7. The maximum Gasteiger partial charge on any atom is 0.321 e. The highest BCUT2D eigenvalue weighted by Crippen LogP contribution is 2.46. The van der Waals surface area contributed by atoms with Gasteiger partial charge in [0.2, 0.25) is 5.91 Å². The Labute approximate surface area is 184 Å². The summed E-state index contributed by atoms with van der Waals surface area (Å²) < 4.78 is 6.51. The number of nitrogens with zero attached hydrogens (tertiary/aromatic N) is 2. The fraction of sp³-hybridized carbons (Fsp3) is 0.440. The molecule has 3 amide bonds. The van der Waals surface area contributed by atoms with Gasteiger partial charge in [-0.15, -0.1) is 0 Å². The van der Waals surface area contributed by atoms with Crippen molar-refractivity contribution in [1.82, 2.24) is 9.80 Å². The average Bonchev–Trinajstić information content (AvgIpc) is 2.75. The second-order valence-electron chi connectivity index (χ2n) is 9.00. The second-order valence-corrected chi connectivity index (χ2v) is 9.00. The number of carbonyl (C=O) groups excluding carboxylic acids is 2. The van der Waals surface area contributed by atoms with Gasteiger partial charge in [-0.05, 0) is 37.1 Å². The molecule has 1 atom stereocenters. The lowest BCUT2D eigenvalue weighted by Gasteiger charge is -2.47. The quantitative estimate of drug-likeness (QED) is 0.799. The molecule has 1 saturated heterocycles. The van der Waals surface area contributed by atoms with Gasteiger partial charge in [-0.1, -0.05) is 35.9 Å². The molecule has 31 heavy (non-hydrogen) atoms. The van der Waals surface area contributed by atoms with Gasteiger partial charge in [0.25, 0.3) is 0 Å². The molecule has 1 fully saturated rings. The van der Waals surface area contributed by atoms with E-state index in [1.54, 1.807) is 19.0 Å². The smallest absolute Gasteiger partial charge is 0.321 e. The highest BCUT2D eigenvalue weighted by molar-refractivity contribution is 5.89. The van der Waals surface area contributed by atoms with Crippen molar-refractivity contribution in [2.24, 2.45) is 0 Å². The number of aryl methyl sites for hydroxylation is 1. The largest absolute Gasteiger partial charge is 0.487 e. The van der Waals surface area contributed by atoms with E-state index < -0.39 is 0 Å². The molecule has 2 aliphatic rings. The molecule has 2 heterocycles. The zero-order valence-corrected chi connectivity index (χ0v) is 18.6. The molecule has 6 heteroatoms. The average molecular weight is 422 g/mol. The van der Waals surface area contributed by atoms with Gasteiger partial charge in [-0.25, -0.2) is 4.79 Å². The molecule has 0 aliphatic carbocycles. The number of para-hydroxylation sites is 1. The zero-order valence-electron chi connectivity index (χ0n) is 18.6. The summed E-state index contributed by atoms with van der Waals surface area (Å²) in [6.07, 6.45) is 2.80. The van der Waals surface area contributed by atoms with Gasteiger partial charge >= 0.3 is 6.03 Å². The number of urea groups is 1. The lowest BCUT2D eigenvalue weighted by molar-refractivity contribution is -0.129. The second kappa shape index (κ2) is 8.61. The molecule has 2 aromatic rings. The van der Waals surface area contributed by atoms with Crippen LogP contribution in [0.25, 0.3) is 0 Å². The van der Waals surface area contributed by atoms with Gasteiger partial charge in [0, 0.05) is 58.1 Å². The number of hydrogen-bond donors (Lipinski definition) is 1. The SMILES string of the molecule is Cc1ccc(NC(=O)N2CCC3(CC2)CC(CC(=O)N(C)C)c2ccccc2O3)cc1. The predicted molar refractivity (Wildman–Crippen MR) is 121 cm³/mol. The van der Waals surface area contributed by atoms with E-state index in [2.05, 4.69) is 11.4 Å². The zero-order chi connectivity index (χ0) is 22.0. The molecule has 164 valence electrons. The number of benzene rings is 2. The molecule has 6 nitrogen and oxygen atoms in total. The van der Waals surface area contributed by atoms with Gasteiger partial charge in [-0.2, -0.15) is 0 Å². The van der Waals surface area contributed by atoms with Crippen LogP contribution < -0.4 is 10.1 Å². The van der Waals surface area contributed by atoms with Crippen molar-refractivity contribution in [3.05, 3.63) is 59.7 Å². The summed E-state index contributed by atoms with van der Waals surface area (Å²) in [4.78, 5) is 28.7. The van der Waals surface area contributed by atoms with Crippen LogP contribution in [0.1, 0.15) is 42.7 Å². The van der Waals surface area contributed by atoms with E-state index in [0.29, 0.717) is 19.5 Å². The van der Waals surface area contributed by atoms with Crippen LogP contribution in [0.4, 0.5) is 10.5 Å². The van der Waals surface area contributed by atoms with Crippen molar-refractivity contribution in [3.63, 3.8) is 0 Å². The standard InChI is InChI=1S/C25H31N3O3/c1-18-8-10-20(11-9-18)26-24(30)28-14-12-25(13-15-28)17-19(16-23(29)27(2)3)21-6-4-5-7-22(21)31-25/h4-11,19H,12-17H2,1-3H3,(H,26,30). The number of fused-ring (bicyclic) bond motifs is 1. The molecule has 1 N–H and O–H groups in total. The molecular formula is C25H31N3O3. The molecule has 0 radical (unpaired) electrons. The fourth-order valence-electron chi connectivity index (χ4n) is 4.58. The van der Waals surface area contributed by atoms with E-state index in [0.717, 1.165) is 41.8 Å². The van der Waals surface area contributed by atoms with Crippen LogP contribution >= 0.6 is 0 Å². The highest BCUT2D eigenvalue weighted by Gasteiger charge is 2.44. The summed E-state index contributed by atoms with van der Waals surface area (Å²) in [7, 11) is 3.60. The van der Waals surface area contributed by atoms with E-state index in [1.807, 2.05) is 54.3 Å². The van der Waals surface area contributed by atoms with Crippen LogP contribution in [0.5, 0.6) is 5.75 Å². The number of hydrogen-bond acceptors (Lipinski definition) is 3. The van der Waals surface area contributed by atoms with Crippen molar-refractivity contribution in [2.45, 2.75) is 44.1 Å². The molecule has 4 rings (SSSR count). The fourth-order valence-corrected chi connectivity index (χ4v) is 4.58. The Kier molecular flexibility index (Phi) is 5.90. The van der Waals surface area contributed by atoms with Crippen LogP contribution in [0.3, 0.4) is 0 Å². The minimum atomic E-state index is -0.327. The Balaban J connectivity index is 1.44. The summed E-state index contributed by atoms with van der Waals surface area (Å²) in [5.41, 5.74) is 2.76. The van der Waals surface area contributed by atoms with Crippen molar-refractivity contribution >= 4 is 17.6 Å². The lowest BCUT2D eigenvalue weighted by atomic mass is 9.76. The Bertz CT molecular complexity index is 947. The minimum absolute atomic E-state index is 0.0748. The molecule has 1 unspecified atom stereocenters. The molecule has 1 spiro atoms. The van der Waals surface area contributed by atoms with Crippen LogP contribution in [0.2, 0.25) is 0 Å². The van der Waals surface area contributed by atoms with Crippen LogP contribution in [0, 0.1) is 6.92 Å². The number of carbonyl (C=O) groups is 2. The number of rotatable bonds is 3. The molecule has 2 aromatic carbocycles. The van der Waals surface area contributed by atoms with Crippen molar-refractivity contribution in [2.75, 3.05) is 32.5 Å². The van der Waals surface area contributed by atoms with E-state index in [-0.39, 0.29) is 23.5 Å². The Hall–Kier alpha value is -3.02. The first-order valence-electron chi connectivity index (χ1n) is 11.0. The van der Waals surface area contributed by atoms with Crippen molar-refractivity contribution in [3.8, 4) is 5.75 Å². The van der Waals surface area contributed by atoms with E-state index in [4.69, 9.17) is 4.74 Å². The van der Waals surface area contributed by atoms with E-state index in [1.165, 1.54) is 0 Å². The first-order chi connectivity index (χ1) is 14.8.